The second kappa shape index (κ2) is 6.22. The van der Waals surface area contributed by atoms with Crippen LogP contribution < -0.4 is 5.32 Å². The minimum atomic E-state index is -0.264. The quantitative estimate of drug-likeness (QED) is 0.573. The molecule has 2 aromatic heterocycles. The summed E-state index contributed by atoms with van der Waals surface area (Å²) in [5.74, 6) is 0.0120. The normalized spacial score (nSPS) is 11.1. The first-order valence-electron chi connectivity index (χ1n) is 7.93. The van der Waals surface area contributed by atoms with E-state index in [1.807, 2.05) is 49.4 Å². The molecule has 0 saturated heterocycles. The van der Waals surface area contributed by atoms with Gasteiger partial charge in [-0.15, -0.1) is 0 Å². The molecule has 0 aliphatic carbocycles. The highest BCUT2D eigenvalue weighted by molar-refractivity contribution is 6.30. The fourth-order valence-corrected chi connectivity index (χ4v) is 3.11. The van der Waals surface area contributed by atoms with Crippen LogP contribution in [-0.4, -0.2) is 10.9 Å². The number of rotatable bonds is 3. The summed E-state index contributed by atoms with van der Waals surface area (Å²) in [6.45, 7) is 2.30. The van der Waals surface area contributed by atoms with E-state index in [2.05, 4.69) is 10.3 Å². The molecule has 2 heterocycles. The van der Waals surface area contributed by atoms with Crippen molar-refractivity contribution in [1.29, 1.82) is 0 Å². The smallest absolute Gasteiger partial charge is 0.287 e. The van der Waals surface area contributed by atoms with E-state index in [9.17, 15) is 4.79 Å². The van der Waals surface area contributed by atoms with Gasteiger partial charge in [-0.1, -0.05) is 35.9 Å². The van der Waals surface area contributed by atoms with Gasteiger partial charge in [0.1, 0.15) is 5.58 Å². The van der Waals surface area contributed by atoms with Crippen molar-refractivity contribution in [2.24, 2.45) is 0 Å². The molecule has 0 unspecified atom stereocenters. The van der Waals surface area contributed by atoms with Crippen LogP contribution in [0.5, 0.6) is 0 Å². The van der Waals surface area contributed by atoms with Gasteiger partial charge in [-0.25, -0.2) is 0 Å². The Kier molecular flexibility index (Phi) is 3.90. The van der Waals surface area contributed by atoms with E-state index < -0.39 is 0 Å². The number of hydrogen-bond donors (Lipinski definition) is 1. The van der Waals surface area contributed by atoms with E-state index in [0.717, 1.165) is 27.5 Å². The molecule has 1 amide bonds. The van der Waals surface area contributed by atoms with Gasteiger partial charge >= 0.3 is 0 Å². The highest BCUT2D eigenvalue weighted by Gasteiger charge is 2.16. The van der Waals surface area contributed by atoms with E-state index >= 15 is 0 Å². The zero-order valence-corrected chi connectivity index (χ0v) is 14.3. The SMILES string of the molecule is Cc1nc2ccccc2c2oc(C(=O)NCc3cccc(Cl)c3)cc12. The van der Waals surface area contributed by atoms with Crippen LogP contribution in [-0.2, 0) is 6.54 Å². The van der Waals surface area contributed by atoms with E-state index in [0.29, 0.717) is 17.2 Å². The molecule has 4 nitrogen and oxygen atoms in total. The van der Waals surface area contributed by atoms with Crippen molar-refractivity contribution in [3.05, 3.63) is 76.6 Å². The first-order valence-corrected chi connectivity index (χ1v) is 8.31. The number of aryl methyl sites for hydroxylation is 1. The van der Waals surface area contributed by atoms with Gasteiger partial charge in [0.05, 0.1) is 5.52 Å². The third kappa shape index (κ3) is 2.96. The standard InChI is InChI=1S/C20H15ClN2O2/c1-12-16-10-18(20(24)22-11-13-5-4-6-14(21)9-13)25-19(16)15-7-2-3-8-17(15)23-12/h2-10H,11H2,1H3,(H,22,24). The molecule has 0 spiro atoms. The van der Waals surface area contributed by atoms with Gasteiger partial charge in [0, 0.05) is 28.0 Å². The Morgan fingerprint density at radius 2 is 1.96 bits per heavy atom. The summed E-state index contributed by atoms with van der Waals surface area (Å²) in [6.07, 6.45) is 0. The molecule has 0 saturated carbocycles. The van der Waals surface area contributed by atoms with Gasteiger partial charge in [0.2, 0.25) is 0 Å². The maximum atomic E-state index is 12.5. The molecule has 2 aromatic carbocycles. The molecule has 0 bridgehead atoms. The van der Waals surface area contributed by atoms with Crippen LogP contribution in [0.1, 0.15) is 21.8 Å². The highest BCUT2D eigenvalue weighted by atomic mass is 35.5. The number of furan rings is 1. The number of carbonyl (C=O) groups excluding carboxylic acids is 1. The van der Waals surface area contributed by atoms with Crippen molar-refractivity contribution in [3.63, 3.8) is 0 Å². The fourth-order valence-electron chi connectivity index (χ4n) is 2.89. The molecule has 124 valence electrons. The predicted molar refractivity (Wildman–Crippen MR) is 98.9 cm³/mol. The number of hydrogen-bond acceptors (Lipinski definition) is 3. The number of para-hydroxylation sites is 1. The molecule has 1 N–H and O–H groups in total. The lowest BCUT2D eigenvalue weighted by atomic mass is 10.1. The van der Waals surface area contributed by atoms with Gasteiger partial charge in [-0.05, 0) is 42.8 Å². The van der Waals surface area contributed by atoms with Crippen molar-refractivity contribution in [2.45, 2.75) is 13.5 Å². The van der Waals surface area contributed by atoms with E-state index in [1.54, 1.807) is 12.1 Å². The summed E-state index contributed by atoms with van der Waals surface area (Å²) in [5.41, 5.74) is 3.32. The minimum Gasteiger partial charge on any atom is -0.450 e. The Hall–Kier alpha value is -2.85. The summed E-state index contributed by atoms with van der Waals surface area (Å²) >= 11 is 5.97. The van der Waals surface area contributed by atoms with E-state index in [4.69, 9.17) is 16.0 Å². The monoisotopic (exact) mass is 350 g/mol. The van der Waals surface area contributed by atoms with E-state index in [-0.39, 0.29) is 11.7 Å². The molecule has 0 aliphatic rings. The first kappa shape index (κ1) is 15.7. The van der Waals surface area contributed by atoms with Crippen molar-refractivity contribution in [3.8, 4) is 0 Å². The molecule has 4 aromatic rings. The third-order valence-corrected chi connectivity index (χ3v) is 4.36. The molecular weight excluding hydrogens is 336 g/mol. The summed E-state index contributed by atoms with van der Waals surface area (Å²) < 4.78 is 5.86. The Bertz CT molecular complexity index is 1100. The minimum absolute atomic E-state index is 0.264. The molecule has 5 heteroatoms. The first-order chi connectivity index (χ1) is 12.1. The Balaban J connectivity index is 1.66. The highest BCUT2D eigenvalue weighted by Crippen LogP contribution is 2.29. The summed E-state index contributed by atoms with van der Waals surface area (Å²) in [6, 6.07) is 16.9. The fraction of sp³-hybridized carbons (Fsp3) is 0.100. The van der Waals surface area contributed by atoms with Crippen LogP contribution in [0, 0.1) is 6.92 Å². The average Bonchev–Trinajstić information content (AvgIpc) is 3.06. The number of fused-ring (bicyclic) bond motifs is 3. The van der Waals surface area contributed by atoms with Gasteiger partial charge in [-0.3, -0.25) is 9.78 Å². The molecule has 25 heavy (non-hydrogen) atoms. The number of aromatic nitrogens is 1. The van der Waals surface area contributed by atoms with Crippen LogP contribution in [0.15, 0.2) is 59.0 Å². The molecule has 0 aliphatic heterocycles. The molecule has 0 atom stereocenters. The number of pyridine rings is 1. The second-order valence-electron chi connectivity index (χ2n) is 5.88. The molecule has 4 rings (SSSR count). The number of halogens is 1. The van der Waals surface area contributed by atoms with Crippen molar-refractivity contribution < 1.29 is 9.21 Å². The average molecular weight is 351 g/mol. The van der Waals surface area contributed by atoms with Gasteiger partial charge in [0.15, 0.2) is 5.76 Å². The Labute approximate surface area is 149 Å². The molecule has 0 radical (unpaired) electrons. The number of carbonyl (C=O) groups is 1. The lowest BCUT2D eigenvalue weighted by Crippen LogP contribution is -2.22. The van der Waals surface area contributed by atoms with Crippen LogP contribution in [0.4, 0.5) is 0 Å². The largest absolute Gasteiger partial charge is 0.450 e. The van der Waals surface area contributed by atoms with Gasteiger partial charge < -0.3 is 9.73 Å². The molecular formula is C20H15ClN2O2. The van der Waals surface area contributed by atoms with Crippen molar-refractivity contribution >= 4 is 39.4 Å². The second-order valence-corrected chi connectivity index (χ2v) is 6.32. The Morgan fingerprint density at radius 3 is 2.80 bits per heavy atom. The van der Waals surface area contributed by atoms with Crippen LogP contribution in [0.2, 0.25) is 5.02 Å². The number of nitrogens with one attached hydrogen (secondary N) is 1. The maximum Gasteiger partial charge on any atom is 0.287 e. The topological polar surface area (TPSA) is 55.1 Å². The predicted octanol–water partition coefficient (Wildman–Crippen LogP) is 4.87. The van der Waals surface area contributed by atoms with Gasteiger partial charge in [0.25, 0.3) is 5.91 Å². The van der Waals surface area contributed by atoms with Crippen LogP contribution in [0.3, 0.4) is 0 Å². The summed E-state index contributed by atoms with van der Waals surface area (Å²) in [5, 5.41) is 5.25. The lowest BCUT2D eigenvalue weighted by molar-refractivity contribution is 0.0925. The number of benzene rings is 2. The zero-order chi connectivity index (χ0) is 17.4. The lowest BCUT2D eigenvalue weighted by Gasteiger charge is -2.03. The molecule has 0 fully saturated rings. The van der Waals surface area contributed by atoms with Crippen LogP contribution >= 0.6 is 11.6 Å². The number of nitrogens with zero attached hydrogens (tertiary/aromatic N) is 1. The Morgan fingerprint density at radius 1 is 1.12 bits per heavy atom. The number of amides is 1. The van der Waals surface area contributed by atoms with Crippen LogP contribution in [0.25, 0.3) is 21.9 Å². The maximum absolute atomic E-state index is 12.5. The summed E-state index contributed by atoms with van der Waals surface area (Å²) in [4.78, 5) is 17.0. The van der Waals surface area contributed by atoms with Crippen molar-refractivity contribution in [1.82, 2.24) is 10.3 Å². The van der Waals surface area contributed by atoms with Gasteiger partial charge in [-0.2, -0.15) is 0 Å². The zero-order valence-electron chi connectivity index (χ0n) is 13.5. The third-order valence-electron chi connectivity index (χ3n) is 4.12. The van der Waals surface area contributed by atoms with E-state index in [1.165, 1.54) is 0 Å². The summed E-state index contributed by atoms with van der Waals surface area (Å²) in [7, 11) is 0. The van der Waals surface area contributed by atoms with Crippen molar-refractivity contribution in [2.75, 3.05) is 0 Å².